The maximum Gasteiger partial charge on any atom is 0.573 e. The molecule has 3 nitrogen and oxygen atoms in total. The van der Waals surface area contributed by atoms with Crippen LogP contribution in [0.2, 0.25) is 0 Å². The van der Waals surface area contributed by atoms with Gasteiger partial charge in [0.25, 0.3) is 0 Å². The number of hydrogen-bond donors (Lipinski definition) is 1. The van der Waals surface area contributed by atoms with Crippen LogP contribution in [-0.2, 0) is 6.18 Å². The summed E-state index contributed by atoms with van der Waals surface area (Å²) in [5, 5.41) is 9.12. The number of aryl methyl sites for hydroxylation is 1. The third-order valence-electron chi connectivity index (χ3n) is 1.71. The highest BCUT2D eigenvalue weighted by molar-refractivity contribution is 5.48. The maximum atomic E-state index is 12.3. The molecule has 0 saturated heterocycles. The average molecular weight is 261 g/mol. The minimum atomic E-state index is -5.34. The highest BCUT2D eigenvalue weighted by Crippen LogP contribution is 2.43. The van der Waals surface area contributed by atoms with E-state index in [4.69, 9.17) is 5.11 Å². The Morgan fingerprint density at radius 2 is 1.71 bits per heavy atom. The van der Waals surface area contributed by atoms with Crippen LogP contribution in [0, 0.1) is 6.92 Å². The molecule has 0 spiro atoms. The van der Waals surface area contributed by atoms with E-state index in [-0.39, 0.29) is 6.20 Å². The lowest BCUT2D eigenvalue weighted by molar-refractivity contribution is -0.276. The van der Waals surface area contributed by atoms with E-state index in [1.54, 1.807) is 0 Å². The molecule has 17 heavy (non-hydrogen) atoms. The van der Waals surface area contributed by atoms with E-state index < -0.39 is 35.3 Å². The standard InChI is InChI=1S/C8H5F6NO2/c1-3-5(16)6(17-8(12,13)14)4(2-15-3)7(9,10)11/h2,16H,1H3. The van der Waals surface area contributed by atoms with E-state index in [1.165, 1.54) is 0 Å². The van der Waals surface area contributed by atoms with Crippen LogP contribution in [0.1, 0.15) is 11.3 Å². The molecule has 0 aromatic carbocycles. The number of alkyl halides is 6. The minimum absolute atomic E-state index is 0.163. The Morgan fingerprint density at radius 1 is 1.18 bits per heavy atom. The normalized spacial score (nSPS) is 12.6. The molecule has 96 valence electrons. The van der Waals surface area contributed by atoms with Gasteiger partial charge in [-0.15, -0.1) is 13.2 Å². The van der Waals surface area contributed by atoms with Crippen LogP contribution >= 0.6 is 0 Å². The highest BCUT2D eigenvalue weighted by Gasteiger charge is 2.41. The molecular formula is C8H5F6NO2. The second-order valence-electron chi connectivity index (χ2n) is 2.98. The van der Waals surface area contributed by atoms with Crippen molar-refractivity contribution < 1.29 is 36.2 Å². The van der Waals surface area contributed by atoms with E-state index in [1.807, 2.05) is 0 Å². The Kier molecular flexibility index (Phi) is 3.13. The molecule has 1 aromatic heterocycles. The van der Waals surface area contributed by atoms with Crippen LogP contribution < -0.4 is 4.74 Å². The number of ether oxygens (including phenoxy) is 1. The van der Waals surface area contributed by atoms with Crippen LogP contribution in [-0.4, -0.2) is 16.5 Å². The fraction of sp³-hybridized carbons (Fsp3) is 0.375. The molecule has 1 N–H and O–H groups in total. The molecule has 0 fully saturated rings. The maximum absolute atomic E-state index is 12.3. The van der Waals surface area contributed by atoms with Crippen molar-refractivity contribution in [1.29, 1.82) is 0 Å². The van der Waals surface area contributed by atoms with Crippen LogP contribution in [0.5, 0.6) is 11.5 Å². The van der Waals surface area contributed by atoms with E-state index in [0.717, 1.165) is 6.92 Å². The van der Waals surface area contributed by atoms with Gasteiger partial charge < -0.3 is 9.84 Å². The van der Waals surface area contributed by atoms with Crippen LogP contribution in [0.3, 0.4) is 0 Å². The Bertz CT molecular complexity index is 425. The van der Waals surface area contributed by atoms with Gasteiger partial charge >= 0.3 is 12.5 Å². The van der Waals surface area contributed by atoms with Crippen molar-refractivity contribution in [2.75, 3.05) is 0 Å². The lowest BCUT2D eigenvalue weighted by Crippen LogP contribution is -2.20. The SMILES string of the molecule is Cc1ncc(C(F)(F)F)c(OC(F)(F)F)c1O. The second-order valence-corrected chi connectivity index (χ2v) is 2.98. The van der Waals surface area contributed by atoms with Gasteiger partial charge in [0.1, 0.15) is 5.56 Å². The van der Waals surface area contributed by atoms with E-state index >= 15 is 0 Å². The summed E-state index contributed by atoms with van der Waals surface area (Å²) in [5.41, 5.74) is -2.20. The fourth-order valence-corrected chi connectivity index (χ4v) is 0.994. The summed E-state index contributed by atoms with van der Waals surface area (Å²) < 4.78 is 75.9. The zero-order valence-electron chi connectivity index (χ0n) is 8.15. The molecule has 0 aliphatic rings. The summed E-state index contributed by atoms with van der Waals surface area (Å²) in [6.07, 6.45) is -10.3. The molecule has 0 atom stereocenters. The van der Waals surface area contributed by atoms with Crippen molar-refractivity contribution in [2.24, 2.45) is 0 Å². The lowest BCUT2D eigenvalue weighted by Gasteiger charge is -2.16. The summed E-state index contributed by atoms with van der Waals surface area (Å²) in [5.74, 6) is -2.99. The zero-order chi connectivity index (χ0) is 13.4. The van der Waals surface area contributed by atoms with Gasteiger partial charge in [0, 0.05) is 6.20 Å². The van der Waals surface area contributed by atoms with E-state index in [9.17, 15) is 26.3 Å². The molecule has 1 aromatic rings. The molecular weight excluding hydrogens is 256 g/mol. The van der Waals surface area contributed by atoms with Crippen molar-refractivity contribution in [3.63, 3.8) is 0 Å². The highest BCUT2D eigenvalue weighted by atomic mass is 19.4. The molecule has 0 aliphatic heterocycles. The van der Waals surface area contributed by atoms with Gasteiger partial charge in [-0.1, -0.05) is 0 Å². The van der Waals surface area contributed by atoms with Crippen LogP contribution in [0.25, 0.3) is 0 Å². The number of nitrogens with zero attached hydrogens (tertiary/aromatic N) is 1. The third-order valence-corrected chi connectivity index (χ3v) is 1.71. The number of pyridine rings is 1. The summed E-state index contributed by atoms with van der Waals surface area (Å²) >= 11 is 0. The molecule has 1 heterocycles. The molecule has 0 aliphatic carbocycles. The zero-order valence-corrected chi connectivity index (χ0v) is 8.15. The van der Waals surface area contributed by atoms with Gasteiger partial charge in [0.05, 0.1) is 5.69 Å². The minimum Gasteiger partial charge on any atom is -0.503 e. The first kappa shape index (κ1) is 13.4. The number of aromatic nitrogens is 1. The largest absolute Gasteiger partial charge is 0.573 e. The van der Waals surface area contributed by atoms with Gasteiger partial charge in [0.2, 0.25) is 0 Å². The number of aromatic hydroxyl groups is 1. The Morgan fingerprint density at radius 3 is 2.12 bits per heavy atom. The molecule has 0 amide bonds. The van der Waals surface area contributed by atoms with Gasteiger partial charge in [-0.3, -0.25) is 4.98 Å². The van der Waals surface area contributed by atoms with Gasteiger partial charge in [-0.2, -0.15) is 13.2 Å². The molecule has 1 rings (SSSR count). The Balaban J connectivity index is 3.37. The van der Waals surface area contributed by atoms with Crippen LogP contribution in [0.4, 0.5) is 26.3 Å². The number of rotatable bonds is 1. The first-order valence-corrected chi connectivity index (χ1v) is 4.04. The average Bonchev–Trinajstić information content (AvgIpc) is 2.08. The van der Waals surface area contributed by atoms with Crippen molar-refractivity contribution in [3.05, 3.63) is 17.5 Å². The Hall–Kier alpha value is -1.67. The van der Waals surface area contributed by atoms with E-state index in [0.29, 0.717) is 0 Å². The van der Waals surface area contributed by atoms with Gasteiger partial charge in [-0.05, 0) is 6.92 Å². The van der Waals surface area contributed by atoms with Gasteiger partial charge in [0.15, 0.2) is 11.5 Å². The predicted molar refractivity (Wildman–Crippen MR) is 42.3 cm³/mol. The molecule has 0 radical (unpaired) electrons. The smallest absolute Gasteiger partial charge is 0.503 e. The van der Waals surface area contributed by atoms with Crippen molar-refractivity contribution >= 4 is 0 Å². The summed E-state index contributed by atoms with van der Waals surface area (Å²) in [6.45, 7) is 1.04. The lowest BCUT2D eigenvalue weighted by atomic mass is 10.2. The number of hydrogen-bond acceptors (Lipinski definition) is 3. The monoisotopic (exact) mass is 261 g/mol. The topological polar surface area (TPSA) is 42.4 Å². The van der Waals surface area contributed by atoms with Crippen molar-refractivity contribution in [3.8, 4) is 11.5 Å². The molecule has 0 unspecified atom stereocenters. The number of halogens is 6. The van der Waals surface area contributed by atoms with Crippen molar-refractivity contribution in [2.45, 2.75) is 19.5 Å². The fourth-order valence-electron chi connectivity index (χ4n) is 0.994. The van der Waals surface area contributed by atoms with E-state index in [2.05, 4.69) is 9.72 Å². The summed E-state index contributed by atoms with van der Waals surface area (Å²) in [6, 6.07) is 0. The first-order chi connectivity index (χ1) is 7.52. The second kappa shape index (κ2) is 3.97. The third kappa shape index (κ3) is 3.14. The molecule has 0 saturated carbocycles. The summed E-state index contributed by atoms with van der Waals surface area (Å²) in [7, 11) is 0. The quantitative estimate of drug-likeness (QED) is 0.790. The van der Waals surface area contributed by atoms with Crippen molar-refractivity contribution in [1.82, 2.24) is 4.98 Å². The summed E-state index contributed by atoms with van der Waals surface area (Å²) in [4.78, 5) is 3.12. The van der Waals surface area contributed by atoms with Crippen LogP contribution in [0.15, 0.2) is 6.20 Å². The molecule has 0 bridgehead atoms. The predicted octanol–water partition coefficient (Wildman–Crippen LogP) is 3.01. The molecule has 9 heteroatoms. The first-order valence-electron chi connectivity index (χ1n) is 4.04. The Labute approximate surface area is 90.6 Å². The van der Waals surface area contributed by atoms with Gasteiger partial charge in [-0.25, -0.2) is 0 Å².